The van der Waals surface area contributed by atoms with Gasteiger partial charge in [-0.05, 0) is 63.8 Å². The Bertz CT molecular complexity index is 1370. The highest BCUT2D eigenvalue weighted by Crippen LogP contribution is 2.25. The van der Waals surface area contributed by atoms with E-state index in [2.05, 4.69) is 5.32 Å². The van der Waals surface area contributed by atoms with Crippen LogP contribution < -0.4 is 21.3 Å². The number of rotatable bonds is 7. The molecule has 0 spiro atoms. The fourth-order valence-corrected chi connectivity index (χ4v) is 4.67. The second kappa shape index (κ2) is 8.93. The Balaban J connectivity index is 2.25. The van der Waals surface area contributed by atoms with Gasteiger partial charge in [-0.25, -0.2) is 13.8 Å². The summed E-state index contributed by atoms with van der Waals surface area (Å²) < 4.78 is 21.3. The van der Waals surface area contributed by atoms with Crippen LogP contribution in [-0.2, 0) is 16.9 Å². The Morgan fingerprint density at radius 3 is 2.58 bits per heavy atom. The highest BCUT2D eigenvalue weighted by Gasteiger charge is 2.35. The van der Waals surface area contributed by atoms with Gasteiger partial charge < -0.3 is 15.5 Å². The lowest BCUT2D eigenvalue weighted by Gasteiger charge is -2.27. The molecule has 3 rings (SSSR count). The number of hydrogen-bond donors (Lipinski definition) is 2. The predicted molar refractivity (Wildman–Crippen MR) is 127 cm³/mol. The molecule has 8 nitrogen and oxygen atoms in total. The number of fused-ring (bicyclic) bond motifs is 1. The molecule has 0 saturated carbocycles. The zero-order valence-electron chi connectivity index (χ0n) is 19.4. The molecule has 0 unspecified atom stereocenters. The van der Waals surface area contributed by atoms with E-state index < -0.39 is 28.5 Å². The van der Waals surface area contributed by atoms with Crippen LogP contribution in [0.3, 0.4) is 0 Å². The molecule has 3 aromatic rings. The maximum absolute atomic E-state index is 13.9. The van der Waals surface area contributed by atoms with Crippen LogP contribution in [0.25, 0.3) is 10.2 Å². The standard InChI is InChI=1S/C23H27FN4O4S/c1-12(2)26-21(30)23(4,5)28-19(29)18-13(3)11-33-20(18)27(22(28)31)10-16(25)15-9-14(24)7-8-17(15)32-6/h7-9,11-12,25H,10H2,1-6H3,(H,26,30). The van der Waals surface area contributed by atoms with E-state index in [0.717, 1.165) is 4.57 Å². The molecule has 33 heavy (non-hydrogen) atoms. The fourth-order valence-electron chi connectivity index (χ4n) is 3.63. The van der Waals surface area contributed by atoms with Gasteiger partial charge in [-0.1, -0.05) is 0 Å². The number of methoxy groups -OCH3 is 1. The number of carbonyl (C=O) groups is 1. The van der Waals surface area contributed by atoms with Gasteiger partial charge in [0.2, 0.25) is 5.91 Å². The van der Waals surface area contributed by atoms with Gasteiger partial charge in [0, 0.05) is 11.6 Å². The Kier molecular flexibility index (Phi) is 6.60. The van der Waals surface area contributed by atoms with Gasteiger partial charge in [0.05, 0.1) is 24.8 Å². The highest BCUT2D eigenvalue weighted by molar-refractivity contribution is 7.17. The first-order valence-electron chi connectivity index (χ1n) is 10.4. The Hall–Kier alpha value is -3.27. The molecule has 1 aromatic carbocycles. The van der Waals surface area contributed by atoms with Crippen LogP contribution in [0.4, 0.5) is 4.39 Å². The van der Waals surface area contributed by atoms with Crippen molar-refractivity contribution in [2.24, 2.45) is 0 Å². The third-order valence-electron chi connectivity index (χ3n) is 5.38. The zero-order valence-corrected chi connectivity index (χ0v) is 20.2. The summed E-state index contributed by atoms with van der Waals surface area (Å²) in [5, 5.41) is 13.4. The van der Waals surface area contributed by atoms with Crippen molar-refractivity contribution in [1.82, 2.24) is 14.5 Å². The molecular weight excluding hydrogens is 447 g/mol. The Labute approximate surface area is 194 Å². The van der Waals surface area contributed by atoms with Crippen LogP contribution in [0.1, 0.15) is 38.8 Å². The van der Waals surface area contributed by atoms with Crippen molar-refractivity contribution in [3.05, 3.63) is 61.4 Å². The van der Waals surface area contributed by atoms with Crippen molar-refractivity contribution in [3.8, 4) is 5.75 Å². The summed E-state index contributed by atoms with van der Waals surface area (Å²) in [4.78, 5) is 40.2. The number of ether oxygens (including phenoxy) is 1. The molecule has 10 heteroatoms. The summed E-state index contributed by atoms with van der Waals surface area (Å²) in [5.74, 6) is -0.730. The Morgan fingerprint density at radius 1 is 1.30 bits per heavy atom. The minimum absolute atomic E-state index is 0.0737. The topological polar surface area (TPSA) is 106 Å². The summed E-state index contributed by atoms with van der Waals surface area (Å²) in [6, 6.07) is 3.61. The summed E-state index contributed by atoms with van der Waals surface area (Å²) in [6.07, 6.45) is 0. The smallest absolute Gasteiger partial charge is 0.333 e. The van der Waals surface area contributed by atoms with E-state index in [1.165, 1.54) is 55.1 Å². The average Bonchev–Trinajstić information content (AvgIpc) is 3.12. The number of thiophene rings is 1. The first-order chi connectivity index (χ1) is 15.4. The SMILES string of the molecule is COc1ccc(F)cc1C(=N)Cn1c(=O)n(C(C)(C)C(=O)NC(C)C)c(=O)c2c(C)csc21. The molecule has 0 aliphatic heterocycles. The lowest BCUT2D eigenvalue weighted by molar-refractivity contribution is -0.129. The predicted octanol–water partition coefficient (Wildman–Crippen LogP) is 3.01. The van der Waals surface area contributed by atoms with Crippen molar-refractivity contribution in [2.75, 3.05) is 7.11 Å². The number of nitrogens with zero attached hydrogens (tertiary/aromatic N) is 2. The van der Waals surface area contributed by atoms with Crippen LogP contribution in [0, 0.1) is 18.2 Å². The lowest BCUT2D eigenvalue weighted by Crippen LogP contribution is -2.56. The average molecular weight is 475 g/mol. The molecule has 0 aliphatic rings. The van der Waals surface area contributed by atoms with Crippen LogP contribution in [0.2, 0.25) is 0 Å². The van der Waals surface area contributed by atoms with Gasteiger partial charge in [-0.15, -0.1) is 11.3 Å². The van der Waals surface area contributed by atoms with Crippen LogP contribution in [0.15, 0.2) is 33.2 Å². The molecule has 2 aromatic heterocycles. The van der Waals surface area contributed by atoms with E-state index >= 15 is 0 Å². The van der Waals surface area contributed by atoms with Crippen molar-refractivity contribution >= 4 is 33.2 Å². The van der Waals surface area contributed by atoms with Gasteiger partial charge in [0.1, 0.15) is 21.9 Å². The normalized spacial score (nSPS) is 11.8. The van der Waals surface area contributed by atoms with Crippen molar-refractivity contribution in [3.63, 3.8) is 0 Å². The third kappa shape index (κ3) is 4.35. The summed E-state index contributed by atoms with van der Waals surface area (Å²) in [7, 11) is 1.41. The number of benzene rings is 1. The van der Waals surface area contributed by atoms with Gasteiger partial charge >= 0.3 is 5.69 Å². The van der Waals surface area contributed by atoms with Crippen LogP contribution >= 0.6 is 11.3 Å². The molecule has 0 fully saturated rings. The molecule has 0 saturated heterocycles. The molecule has 1 amide bonds. The second-order valence-electron chi connectivity index (χ2n) is 8.62. The van der Waals surface area contributed by atoms with E-state index in [-0.39, 0.29) is 29.6 Å². The van der Waals surface area contributed by atoms with Gasteiger partial charge in [0.25, 0.3) is 5.56 Å². The maximum atomic E-state index is 13.9. The van der Waals surface area contributed by atoms with Gasteiger partial charge in [-0.2, -0.15) is 0 Å². The van der Waals surface area contributed by atoms with E-state index in [9.17, 15) is 18.8 Å². The van der Waals surface area contributed by atoms with E-state index in [1.807, 2.05) is 0 Å². The van der Waals surface area contributed by atoms with E-state index in [1.54, 1.807) is 26.2 Å². The Morgan fingerprint density at radius 2 is 1.97 bits per heavy atom. The molecule has 0 aliphatic carbocycles. The number of carbonyl (C=O) groups excluding carboxylic acids is 1. The zero-order chi connectivity index (χ0) is 24.7. The molecule has 2 N–H and O–H groups in total. The van der Waals surface area contributed by atoms with Crippen LogP contribution in [0.5, 0.6) is 5.75 Å². The highest BCUT2D eigenvalue weighted by atomic mass is 32.1. The number of amides is 1. The lowest BCUT2D eigenvalue weighted by atomic mass is 10.0. The van der Waals surface area contributed by atoms with E-state index in [0.29, 0.717) is 15.8 Å². The minimum Gasteiger partial charge on any atom is -0.496 e. The number of hydrogen-bond acceptors (Lipinski definition) is 6. The third-order valence-corrected chi connectivity index (χ3v) is 6.50. The molecule has 0 radical (unpaired) electrons. The first kappa shape index (κ1) is 24.4. The minimum atomic E-state index is -1.48. The summed E-state index contributed by atoms with van der Waals surface area (Å²) in [6.45, 7) is 8.10. The molecular formula is C23H27FN4O4S. The molecule has 176 valence electrons. The number of nitrogens with one attached hydrogen (secondary N) is 2. The number of aromatic nitrogens is 2. The molecule has 2 heterocycles. The molecule has 0 bridgehead atoms. The van der Waals surface area contributed by atoms with Gasteiger partial charge in [-0.3, -0.25) is 14.2 Å². The molecule has 0 atom stereocenters. The van der Waals surface area contributed by atoms with Gasteiger partial charge in [0.15, 0.2) is 0 Å². The number of aryl methyl sites for hydroxylation is 1. The summed E-state index contributed by atoms with van der Waals surface area (Å²) >= 11 is 1.20. The second-order valence-corrected chi connectivity index (χ2v) is 9.48. The largest absolute Gasteiger partial charge is 0.496 e. The monoisotopic (exact) mass is 474 g/mol. The number of halogens is 1. The van der Waals surface area contributed by atoms with Crippen molar-refractivity contribution in [2.45, 2.75) is 52.7 Å². The quantitative estimate of drug-likeness (QED) is 0.514. The van der Waals surface area contributed by atoms with Crippen molar-refractivity contribution in [1.29, 1.82) is 5.41 Å². The maximum Gasteiger partial charge on any atom is 0.333 e. The van der Waals surface area contributed by atoms with Crippen molar-refractivity contribution < 1.29 is 13.9 Å². The van der Waals surface area contributed by atoms with E-state index in [4.69, 9.17) is 10.1 Å². The van der Waals surface area contributed by atoms with Crippen LogP contribution in [-0.4, -0.2) is 33.9 Å². The summed E-state index contributed by atoms with van der Waals surface area (Å²) in [5.41, 5.74) is -1.99. The first-order valence-corrected chi connectivity index (χ1v) is 11.2. The fraction of sp³-hybridized carbons (Fsp3) is 0.391.